The van der Waals surface area contributed by atoms with Crippen molar-refractivity contribution >= 4 is 19.8 Å². The first-order valence-electron chi connectivity index (χ1n) is 14.0. The molecule has 0 spiro atoms. The Morgan fingerprint density at radius 1 is 0.615 bits per heavy atom. The van der Waals surface area contributed by atoms with Crippen LogP contribution in [0.2, 0.25) is 0 Å². The maximum absolute atomic E-state index is 13.2. The van der Waals surface area contributed by atoms with E-state index in [-0.39, 0.29) is 25.2 Å². The third kappa shape index (κ3) is 18.5. The zero-order valence-electron chi connectivity index (χ0n) is 23.8. The molecule has 1 aromatic rings. The lowest BCUT2D eigenvalue weighted by atomic mass is 10.1. The number of phosphoric acid groups is 1. The molecule has 39 heavy (non-hydrogen) atoms. The Morgan fingerprint density at radius 3 is 1.36 bits per heavy atom. The van der Waals surface area contributed by atoms with Crippen molar-refractivity contribution in [1.82, 2.24) is 0 Å². The number of rotatable bonds is 24. The van der Waals surface area contributed by atoms with Gasteiger partial charge in [-0.3, -0.25) is 9.05 Å². The topological polar surface area (TPSA) is 97.4 Å². The maximum Gasteiger partial charge on any atom is 0.530 e. The standard InChI is InChI=1S/C30H47O8P/c1-26(2)29(31)34-22-16-9-5-7-11-18-24-36-39(33,38-28-20-14-13-15-21-28)37-25-19-12-8-6-10-17-23-35-30(32)27(3)4/h13-15,20-21H,1,3,5-12,16-19,22-25H2,2,4H3. The zero-order valence-corrected chi connectivity index (χ0v) is 24.7. The van der Waals surface area contributed by atoms with Gasteiger partial charge in [0.2, 0.25) is 0 Å². The monoisotopic (exact) mass is 566 g/mol. The number of unbranched alkanes of at least 4 members (excludes halogenated alkanes) is 10. The van der Waals surface area contributed by atoms with Gasteiger partial charge >= 0.3 is 19.8 Å². The summed E-state index contributed by atoms with van der Waals surface area (Å²) in [5.74, 6) is -0.236. The molecule has 0 aliphatic heterocycles. The predicted molar refractivity (Wildman–Crippen MR) is 154 cm³/mol. The van der Waals surface area contributed by atoms with Crippen LogP contribution < -0.4 is 4.52 Å². The van der Waals surface area contributed by atoms with Gasteiger partial charge in [0.25, 0.3) is 0 Å². The van der Waals surface area contributed by atoms with Crippen LogP contribution in [0.5, 0.6) is 5.75 Å². The largest absolute Gasteiger partial charge is 0.530 e. The fourth-order valence-corrected chi connectivity index (χ4v) is 4.72. The number of carbonyl (C=O) groups excluding carboxylic acids is 2. The fourth-order valence-electron chi connectivity index (χ4n) is 3.45. The molecule has 1 rings (SSSR count). The summed E-state index contributed by atoms with van der Waals surface area (Å²) in [5, 5.41) is 0. The van der Waals surface area contributed by atoms with E-state index in [1.165, 1.54) is 0 Å². The van der Waals surface area contributed by atoms with E-state index in [0.29, 0.717) is 30.1 Å². The van der Waals surface area contributed by atoms with E-state index in [0.717, 1.165) is 77.0 Å². The molecule has 0 radical (unpaired) electrons. The molecule has 0 aromatic heterocycles. The highest BCUT2D eigenvalue weighted by atomic mass is 31.2. The van der Waals surface area contributed by atoms with Gasteiger partial charge in [0.1, 0.15) is 5.75 Å². The van der Waals surface area contributed by atoms with E-state index >= 15 is 0 Å². The molecule has 9 heteroatoms. The van der Waals surface area contributed by atoms with Gasteiger partial charge < -0.3 is 14.0 Å². The van der Waals surface area contributed by atoms with Crippen LogP contribution in [0.4, 0.5) is 0 Å². The van der Waals surface area contributed by atoms with Crippen LogP contribution in [0.15, 0.2) is 54.6 Å². The third-order valence-electron chi connectivity index (χ3n) is 5.70. The van der Waals surface area contributed by atoms with Crippen LogP contribution in [0, 0.1) is 0 Å². The Hall–Kier alpha value is -2.41. The molecule has 0 unspecified atom stereocenters. The minimum absolute atomic E-state index is 0.288. The van der Waals surface area contributed by atoms with Gasteiger partial charge in [-0.1, -0.05) is 82.7 Å². The summed E-state index contributed by atoms with van der Waals surface area (Å²) in [6.07, 6.45) is 11.1. The number of hydrogen-bond donors (Lipinski definition) is 0. The van der Waals surface area contributed by atoms with Crippen molar-refractivity contribution in [2.75, 3.05) is 26.4 Å². The van der Waals surface area contributed by atoms with Gasteiger partial charge in [0.15, 0.2) is 0 Å². The van der Waals surface area contributed by atoms with Crippen molar-refractivity contribution in [2.24, 2.45) is 0 Å². The van der Waals surface area contributed by atoms with E-state index in [1.807, 2.05) is 6.07 Å². The summed E-state index contributed by atoms with van der Waals surface area (Å²) in [6.45, 7) is 11.8. The molecule has 0 aliphatic carbocycles. The summed E-state index contributed by atoms with van der Waals surface area (Å²) in [4.78, 5) is 22.7. The Morgan fingerprint density at radius 2 is 0.974 bits per heavy atom. The first kappa shape index (κ1) is 34.6. The molecule has 1 aromatic carbocycles. The van der Waals surface area contributed by atoms with Gasteiger partial charge in [0.05, 0.1) is 26.4 Å². The number of ether oxygens (including phenoxy) is 2. The molecule has 0 atom stereocenters. The molecule has 0 bridgehead atoms. The minimum Gasteiger partial charge on any atom is -0.462 e. The van der Waals surface area contributed by atoms with Crippen LogP contribution >= 0.6 is 7.82 Å². The van der Waals surface area contributed by atoms with E-state index in [9.17, 15) is 14.2 Å². The van der Waals surface area contributed by atoms with Gasteiger partial charge in [0, 0.05) is 11.1 Å². The molecule has 0 heterocycles. The number of carbonyl (C=O) groups is 2. The quantitative estimate of drug-likeness (QED) is 0.0535. The van der Waals surface area contributed by atoms with E-state index in [4.69, 9.17) is 23.0 Å². The second-order valence-corrected chi connectivity index (χ2v) is 11.2. The SMILES string of the molecule is C=C(C)C(=O)OCCCCCCCCOP(=O)(OCCCCCCCCOC(=O)C(=C)C)Oc1ccccc1. The lowest BCUT2D eigenvalue weighted by Gasteiger charge is -2.18. The van der Waals surface area contributed by atoms with E-state index in [2.05, 4.69) is 13.2 Å². The Kier molecular flexibility index (Phi) is 19.0. The lowest BCUT2D eigenvalue weighted by Crippen LogP contribution is -2.06. The Labute approximate surface area is 234 Å². The zero-order chi connectivity index (χ0) is 28.8. The Bertz CT molecular complexity index is 849. The second-order valence-electron chi connectivity index (χ2n) is 9.59. The third-order valence-corrected chi connectivity index (χ3v) is 7.13. The molecular weight excluding hydrogens is 519 g/mol. The molecule has 0 N–H and O–H groups in total. The lowest BCUT2D eigenvalue weighted by molar-refractivity contribution is -0.139. The normalized spacial score (nSPS) is 11.1. The molecule has 0 aliphatic rings. The number of esters is 2. The summed E-state index contributed by atoms with van der Waals surface area (Å²) in [5.41, 5.74) is 0.833. The van der Waals surface area contributed by atoms with Crippen LogP contribution in [0.1, 0.15) is 90.9 Å². The highest BCUT2D eigenvalue weighted by Gasteiger charge is 2.28. The summed E-state index contributed by atoms with van der Waals surface area (Å²) < 4.78 is 40.3. The van der Waals surface area contributed by atoms with Crippen LogP contribution in [-0.2, 0) is 32.7 Å². The maximum atomic E-state index is 13.2. The first-order chi connectivity index (χ1) is 18.7. The molecular formula is C30H47O8P. The van der Waals surface area contributed by atoms with Crippen molar-refractivity contribution in [3.05, 3.63) is 54.6 Å². The van der Waals surface area contributed by atoms with Crippen molar-refractivity contribution in [2.45, 2.75) is 90.9 Å². The van der Waals surface area contributed by atoms with E-state index in [1.54, 1.807) is 38.1 Å². The molecule has 0 saturated heterocycles. The van der Waals surface area contributed by atoms with Crippen LogP contribution in [0.3, 0.4) is 0 Å². The molecule has 0 saturated carbocycles. The molecule has 8 nitrogen and oxygen atoms in total. The average Bonchev–Trinajstić information content (AvgIpc) is 2.90. The predicted octanol–water partition coefficient (Wildman–Crippen LogP) is 8.13. The van der Waals surface area contributed by atoms with Crippen LogP contribution in [-0.4, -0.2) is 38.4 Å². The van der Waals surface area contributed by atoms with Gasteiger partial charge in [-0.05, 0) is 51.7 Å². The average molecular weight is 567 g/mol. The fraction of sp³-hybridized carbons (Fsp3) is 0.600. The van der Waals surface area contributed by atoms with Crippen LogP contribution in [0.25, 0.3) is 0 Å². The molecule has 0 fully saturated rings. The van der Waals surface area contributed by atoms with E-state index < -0.39 is 7.82 Å². The number of phosphoric ester groups is 1. The van der Waals surface area contributed by atoms with Crippen molar-refractivity contribution in [3.63, 3.8) is 0 Å². The number of benzene rings is 1. The summed E-state index contributed by atoms with van der Waals surface area (Å²) in [7, 11) is -3.73. The van der Waals surface area contributed by atoms with Gasteiger partial charge in [-0.2, -0.15) is 0 Å². The molecule has 0 amide bonds. The summed E-state index contributed by atoms with van der Waals surface area (Å²) >= 11 is 0. The van der Waals surface area contributed by atoms with Crippen molar-refractivity contribution < 1.29 is 37.2 Å². The summed E-state index contributed by atoms with van der Waals surface area (Å²) in [6, 6.07) is 8.91. The van der Waals surface area contributed by atoms with Gasteiger partial charge in [-0.15, -0.1) is 0 Å². The first-order valence-corrected chi connectivity index (χ1v) is 15.5. The van der Waals surface area contributed by atoms with Crippen molar-refractivity contribution in [1.29, 1.82) is 0 Å². The highest BCUT2D eigenvalue weighted by molar-refractivity contribution is 7.48. The smallest absolute Gasteiger partial charge is 0.462 e. The minimum atomic E-state index is -3.73. The van der Waals surface area contributed by atoms with Crippen molar-refractivity contribution in [3.8, 4) is 5.75 Å². The Balaban J connectivity index is 2.22. The number of hydrogen-bond acceptors (Lipinski definition) is 8. The highest BCUT2D eigenvalue weighted by Crippen LogP contribution is 2.49. The van der Waals surface area contributed by atoms with Gasteiger partial charge in [-0.25, -0.2) is 14.2 Å². The second kappa shape index (κ2) is 21.4. The number of para-hydroxylation sites is 1. The molecule has 220 valence electrons.